The Labute approximate surface area is 168 Å². The number of hydrogen-bond acceptors (Lipinski definition) is 4. The Kier molecular flexibility index (Phi) is 6.18. The Balaban J connectivity index is 1.26. The zero-order valence-electron chi connectivity index (χ0n) is 18.6. The Morgan fingerprint density at radius 1 is 0.704 bits per heavy atom. The third kappa shape index (κ3) is 3.72. The van der Waals surface area contributed by atoms with Crippen molar-refractivity contribution in [2.75, 3.05) is 32.7 Å². The van der Waals surface area contributed by atoms with Crippen molar-refractivity contribution in [3.05, 3.63) is 0 Å². The average molecular weight is 377 g/mol. The molecule has 0 bridgehead atoms. The largest absolute Gasteiger partial charge is 0.297 e. The van der Waals surface area contributed by atoms with Gasteiger partial charge in [-0.1, -0.05) is 6.92 Å². The minimum atomic E-state index is 0.721. The third-order valence-corrected chi connectivity index (χ3v) is 8.49. The molecule has 0 aliphatic carbocycles. The summed E-state index contributed by atoms with van der Waals surface area (Å²) in [5.41, 5.74) is 0. The molecule has 0 radical (unpaired) electrons. The Bertz CT molecular complexity index is 495. The van der Waals surface area contributed by atoms with Crippen LogP contribution < -0.4 is 0 Å². The predicted molar refractivity (Wildman–Crippen MR) is 114 cm³/mol. The highest BCUT2D eigenvalue weighted by Gasteiger charge is 2.47. The summed E-state index contributed by atoms with van der Waals surface area (Å²) in [6.07, 6.45) is 8.40. The molecule has 0 spiro atoms. The predicted octanol–water partition coefficient (Wildman–Crippen LogP) is 3.27. The van der Waals surface area contributed by atoms with Gasteiger partial charge in [0.1, 0.15) is 0 Å². The summed E-state index contributed by atoms with van der Waals surface area (Å²) in [7, 11) is 0. The van der Waals surface area contributed by atoms with Gasteiger partial charge in [-0.25, -0.2) is 0 Å². The van der Waals surface area contributed by atoms with E-state index >= 15 is 0 Å². The van der Waals surface area contributed by atoms with Gasteiger partial charge >= 0.3 is 0 Å². The lowest BCUT2D eigenvalue weighted by molar-refractivity contribution is -0.0923. The molecule has 0 amide bonds. The zero-order valence-corrected chi connectivity index (χ0v) is 18.6. The van der Waals surface area contributed by atoms with Gasteiger partial charge in [0.15, 0.2) is 0 Å². The number of hydrogen-bond donors (Lipinski definition) is 0. The lowest BCUT2D eigenvalue weighted by Gasteiger charge is -2.59. The SMILES string of the molecule is CCN1CC2C1CCCN2C(C)CCC(C)N1CCCC2C1CN2C(C)C. The third-order valence-electron chi connectivity index (χ3n) is 8.49. The second-order valence-corrected chi connectivity index (χ2v) is 10.2. The van der Waals surface area contributed by atoms with Gasteiger partial charge in [-0.2, -0.15) is 0 Å². The molecule has 0 N–H and O–H groups in total. The molecular formula is C23H44N4. The van der Waals surface area contributed by atoms with Crippen molar-refractivity contribution in [3.8, 4) is 0 Å². The van der Waals surface area contributed by atoms with Crippen LogP contribution in [-0.4, -0.2) is 94.6 Å². The van der Waals surface area contributed by atoms with Crippen LogP contribution in [0.1, 0.15) is 73.1 Å². The number of fused-ring (bicyclic) bond motifs is 2. The summed E-state index contributed by atoms with van der Waals surface area (Å²) in [4.78, 5) is 11.2. The Morgan fingerprint density at radius 3 is 1.81 bits per heavy atom. The molecule has 6 unspecified atom stereocenters. The summed E-state index contributed by atoms with van der Waals surface area (Å²) >= 11 is 0. The van der Waals surface area contributed by atoms with Crippen molar-refractivity contribution < 1.29 is 0 Å². The van der Waals surface area contributed by atoms with Gasteiger partial charge in [-0.15, -0.1) is 0 Å². The van der Waals surface area contributed by atoms with E-state index in [0.717, 1.165) is 42.3 Å². The van der Waals surface area contributed by atoms with Crippen LogP contribution >= 0.6 is 0 Å². The molecule has 0 aromatic rings. The van der Waals surface area contributed by atoms with Crippen LogP contribution in [-0.2, 0) is 0 Å². The molecule has 4 nitrogen and oxygen atoms in total. The van der Waals surface area contributed by atoms with Gasteiger partial charge in [-0.3, -0.25) is 19.6 Å². The van der Waals surface area contributed by atoms with E-state index in [1.807, 2.05) is 0 Å². The number of rotatable bonds is 7. The molecule has 4 heterocycles. The van der Waals surface area contributed by atoms with E-state index in [4.69, 9.17) is 0 Å². The molecule has 0 aromatic carbocycles. The molecule has 27 heavy (non-hydrogen) atoms. The van der Waals surface area contributed by atoms with Crippen LogP contribution in [0.3, 0.4) is 0 Å². The first-order valence-corrected chi connectivity index (χ1v) is 12.0. The van der Waals surface area contributed by atoms with Crippen LogP contribution in [0.4, 0.5) is 0 Å². The number of likely N-dealkylation sites (tertiary alicyclic amines) is 4. The highest BCUT2D eigenvalue weighted by atomic mass is 15.4. The molecule has 156 valence electrons. The highest BCUT2D eigenvalue weighted by Crippen LogP contribution is 2.36. The fourth-order valence-electron chi connectivity index (χ4n) is 6.71. The molecule has 4 fully saturated rings. The zero-order chi connectivity index (χ0) is 19.1. The fraction of sp³-hybridized carbons (Fsp3) is 1.00. The molecule has 6 atom stereocenters. The van der Waals surface area contributed by atoms with Crippen molar-refractivity contribution in [2.45, 2.75) is 115 Å². The quantitative estimate of drug-likeness (QED) is 0.676. The Morgan fingerprint density at radius 2 is 1.26 bits per heavy atom. The highest BCUT2D eigenvalue weighted by molar-refractivity contribution is 5.04. The molecule has 0 aromatic heterocycles. The van der Waals surface area contributed by atoms with Crippen molar-refractivity contribution in [1.29, 1.82) is 0 Å². The molecule has 4 aliphatic rings. The standard InChI is InChI=1S/C23H44N4/c1-6-24-15-22-20(24)9-7-13-25(22)18(4)11-12-19(5)26-14-8-10-21-23(26)16-27(21)17(2)3/h17-23H,6-16H2,1-5H3. The average Bonchev–Trinajstić information content (AvgIpc) is 2.60. The molecule has 4 aliphatic heterocycles. The number of piperidine rings is 2. The second-order valence-electron chi connectivity index (χ2n) is 10.2. The molecule has 0 saturated carbocycles. The van der Waals surface area contributed by atoms with Gasteiger partial charge in [0.05, 0.1) is 0 Å². The van der Waals surface area contributed by atoms with E-state index < -0.39 is 0 Å². The van der Waals surface area contributed by atoms with Crippen LogP contribution in [0.25, 0.3) is 0 Å². The second kappa shape index (κ2) is 8.30. The van der Waals surface area contributed by atoms with E-state index in [2.05, 4.69) is 54.2 Å². The first-order chi connectivity index (χ1) is 13.0. The molecular weight excluding hydrogens is 332 g/mol. The van der Waals surface area contributed by atoms with E-state index in [0.29, 0.717) is 0 Å². The van der Waals surface area contributed by atoms with Gasteiger partial charge < -0.3 is 0 Å². The van der Waals surface area contributed by atoms with Crippen molar-refractivity contribution in [2.24, 2.45) is 0 Å². The summed E-state index contributed by atoms with van der Waals surface area (Å²) in [5, 5.41) is 0. The van der Waals surface area contributed by atoms with Crippen molar-refractivity contribution in [1.82, 2.24) is 19.6 Å². The van der Waals surface area contributed by atoms with Gasteiger partial charge in [-0.05, 0) is 85.9 Å². The maximum Gasteiger partial charge on any atom is 0.0381 e. The first-order valence-electron chi connectivity index (χ1n) is 12.0. The van der Waals surface area contributed by atoms with Crippen LogP contribution in [0.2, 0.25) is 0 Å². The van der Waals surface area contributed by atoms with Gasteiger partial charge in [0.25, 0.3) is 0 Å². The first kappa shape index (κ1) is 20.1. The normalized spacial score (nSPS) is 38.0. The minimum Gasteiger partial charge on any atom is -0.297 e. The minimum absolute atomic E-state index is 0.721. The lowest BCUT2D eigenvalue weighted by atomic mass is 9.83. The molecule has 4 heteroatoms. The van der Waals surface area contributed by atoms with E-state index in [1.54, 1.807) is 0 Å². The van der Waals surface area contributed by atoms with Gasteiger partial charge in [0, 0.05) is 55.4 Å². The van der Waals surface area contributed by atoms with Gasteiger partial charge in [0.2, 0.25) is 0 Å². The van der Waals surface area contributed by atoms with Crippen molar-refractivity contribution in [3.63, 3.8) is 0 Å². The van der Waals surface area contributed by atoms with Crippen molar-refractivity contribution >= 4 is 0 Å². The smallest absolute Gasteiger partial charge is 0.0381 e. The van der Waals surface area contributed by atoms with Crippen LogP contribution in [0.15, 0.2) is 0 Å². The topological polar surface area (TPSA) is 13.0 Å². The summed E-state index contributed by atoms with van der Waals surface area (Å²) in [6.45, 7) is 18.6. The van der Waals surface area contributed by atoms with Crippen LogP contribution in [0, 0.1) is 0 Å². The Hall–Kier alpha value is -0.160. The maximum absolute atomic E-state index is 2.88. The van der Waals surface area contributed by atoms with Crippen LogP contribution in [0.5, 0.6) is 0 Å². The fourth-order valence-corrected chi connectivity index (χ4v) is 6.71. The molecule has 4 rings (SSSR count). The number of nitrogens with zero attached hydrogens (tertiary/aromatic N) is 4. The van der Waals surface area contributed by atoms with E-state index in [-0.39, 0.29) is 0 Å². The number of likely N-dealkylation sites (N-methyl/N-ethyl adjacent to an activating group) is 1. The summed E-state index contributed by atoms with van der Waals surface area (Å²) < 4.78 is 0. The molecule has 4 saturated heterocycles. The maximum atomic E-state index is 2.88. The summed E-state index contributed by atoms with van der Waals surface area (Å²) in [6, 6.07) is 5.64. The van der Waals surface area contributed by atoms with E-state index in [1.165, 1.54) is 71.2 Å². The lowest BCUT2D eigenvalue weighted by Crippen LogP contribution is -2.71. The van der Waals surface area contributed by atoms with E-state index in [9.17, 15) is 0 Å². The summed E-state index contributed by atoms with van der Waals surface area (Å²) in [5.74, 6) is 0. The monoisotopic (exact) mass is 376 g/mol.